The number of likely N-dealkylation sites (tertiary alicyclic amines) is 1. The van der Waals surface area contributed by atoms with Crippen LogP contribution in [0, 0.1) is 12.7 Å². The number of nitrogens with two attached hydrogens (primary N) is 1. The molecule has 0 amide bonds. The summed E-state index contributed by atoms with van der Waals surface area (Å²) in [6.07, 6.45) is 3.67. The first-order valence-corrected chi connectivity index (χ1v) is 7.37. The Hall–Kier alpha value is -1.13. The van der Waals surface area contributed by atoms with Gasteiger partial charge >= 0.3 is 0 Å². The van der Waals surface area contributed by atoms with Gasteiger partial charge in [0.05, 0.1) is 0 Å². The van der Waals surface area contributed by atoms with Gasteiger partial charge in [0.1, 0.15) is 18.2 Å². The highest BCUT2D eigenvalue weighted by atomic mass is 19.1. The van der Waals surface area contributed by atoms with Crippen LogP contribution in [0.15, 0.2) is 12.1 Å². The quantitative estimate of drug-likeness (QED) is 0.921. The standard InChI is InChI=1S/C16H25FN2O/c1-11-8-16(14(12(2)18)9-15(11)17)20-10-13-6-4-5-7-19(13)3/h8-9,12-13H,4-7,10,18H2,1-3H3. The second-order valence-corrected chi connectivity index (χ2v) is 5.87. The molecule has 0 saturated carbocycles. The van der Waals surface area contributed by atoms with E-state index in [9.17, 15) is 4.39 Å². The minimum absolute atomic E-state index is 0.223. The van der Waals surface area contributed by atoms with Crippen LogP contribution in [-0.2, 0) is 0 Å². The molecule has 1 aromatic carbocycles. The molecule has 112 valence electrons. The third-order valence-corrected chi connectivity index (χ3v) is 4.13. The number of benzene rings is 1. The maximum Gasteiger partial charge on any atom is 0.126 e. The second kappa shape index (κ2) is 6.55. The number of piperidine rings is 1. The highest BCUT2D eigenvalue weighted by Gasteiger charge is 2.20. The van der Waals surface area contributed by atoms with Gasteiger partial charge in [-0.05, 0) is 58.0 Å². The first kappa shape index (κ1) is 15.3. The van der Waals surface area contributed by atoms with Crippen LogP contribution in [0.1, 0.15) is 43.4 Å². The van der Waals surface area contributed by atoms with Crippen molar-refractivity contribution in [1.29, 1.82) is 0 Å². The summed E-state index contributed by atoms with van der Waals surface area (Å²) in [6.45, 7) is 5.36. The van der Waals surface area contributed by atoms with Crippen LogP contribution in [0.25, 0.3) is 0 Å². The lowest BCUT2D eigenvalue weighted by Crippen LogP contribution is -2.40. The zero-order chi connectivity index (χ0) is 14.7. The summed E-state index contributed by atoms with van der Waals surface area (Å²) in [6, 6.07) is 3.47. The summed E-state index contributed by atoms with van der Waals surface area (Å²) in [7, 11) is 2.13. The summed E-state index contributed by atoms with van der Waals surface area (Å²) in [5, 5.41) is 0. The number of ether oxygens (including phenoxy) is 1. The van der Waals surface area contributed by atoms with Crippen molar-refractivity contribution in [2.24, 2.45) is 5.73 Å². The predicted molar refractivity (Wildman–Crippen MR) is 79.5 cm³/mol. The Bertz CT molecular complexity index is 462. The van der Waals surface area contributed by atoms with Crippen LogP contribution >= 0.6 is 0 Å². The van der Waals surface area contributed by atoms with Crippen molar-refractivity contribution in [3.05, 3.63) is 29.1 Å². The van der Waals surface area contributed by atoms with Gasteiger partial charge in [0.15, 0.2) is 0 Å². The Kier molecular flexibility index (Phi) is 5.00. The molecule has 0 aromatic heterocycles. The van der Waals surface area contributed by atoms with E-state index in [1.807, 2.05) is 6.92 Å². The van der Waals surface area contributed by atoms with Gasteiger partial charge in [0, 0.05) is 17.6 Å². The second-order valence-electron chi connectivity index (χ2n) is 5.87. The zero-order valence-electron chi connectivity index (χ0n) is 12.7. The normalized spacial score (nSPS) is 21.8. The summed E-state index contributed by atoms with van der Waals surface area (Å²) in [5.41, 5.74) is 7.25. The highest BCUT2D eigenvalue weighted by molar-refractivity contribution is 5.39. The maximum absolute atomic E-state index is 13.7. The lowest BCUT2D eigenvalue weighted by molar-refractivity contribution is 0.124. The van der Waals surface area contributed by atoms with E-state index >= 15 is 0 Å². The van der Waals surface area contributed by atoms with Crippen molar-refractivity contribution in [3.8, 4) is 5.75 Å². The van der Waals surface area contributed by atoms with Gasteiger partial charge in [-0.3, -0.25) is 0 Å². The van der Waals surface area contributed by atoms with E-state index in [1.165, 1.54) is 18.9 Å². The van der Waals surface area contributed by atoms with Crippen molar-refractivity contribution in [1.82, 2.24) is 4.90 Å². The molecule has 2 atom stereocenters. The Morgan fingerprint density at radius 3 is 2.85 bits per heavy atom. The van der Waals surface area contributed by atoms with Crippen LogP contribution in [0.4, 0.5) is 4.39 Å². The molecular formula is C16H25FN2O. The first-order chi connectivity index (χ1) is 9.49. The van der Waals surface area contributed by atoms with Crippen molar-refractivity contribution in [2.75, 3.05) is 20.2 Å². The Balaban J connectivity index is 2.10. The molecule has 1 aliphatic rings. The van der Waals surface area contributed by atoms with Crippen molar-refractivity contribution < 1.29 is 9.13 Å². The van der Waals surface area contributed by atoms with Gasteiger partial charge in [-0.2, -0.15) is 0 Å². The highest BCUT2D eigenvalue weighted by Crippen LogP contribution is 2.28. The molecule has 1 fully saturated rings. The number of aryl methyl sites for hydroxylation is 1. The van der Waals surface area contributed by atoms with Crippen LogP contribution in [0.2, 0.25) is 0 Å². The van der Waals surface area contributed by atoms with E-state index in [2.05, 4.69) is 11.9 Å². The minimum Gasteiger partial charge on any atom is -0.492 e. The molecule has 1 aromatic rings. The summed E-state index contributed by atoms with van der Waals surface area (Å²) >= 11 is 0. The molecule has 0 aliphatic carbocycles. The van der Waals surface area contributed by atoms with E-state index in [0.29, 0.717) is 18.2 Å². The molecule has 2 unspecified atom stereocenters. The van der Waals surface area contributed by atoms with Gasteiger partial charge in [-0.1, -0.05) is 6.42 Å². The lowest BCUT2D eigenvalue weighted by atomic mass is 10.0. The van der Waals surface area contributed by atoms with E-state index in [-0.39, 0.29) is 11.9 Å². The summed E-state index contributed by atoms with van der Waals surface area (Å²) in [5.74, 6) is 0.498. The molecule has 2 rings (SSSR count). The third kappa shape index (κ3) is 3.49. The topological polar surface area (TPSA) is 38.5 Å². The Morgan fingerprint density at radius 2 is 2.20 bits per heavy atom. The van der Waals surface area contributed by atoms with Gasteiger partial charge in [-0.25, -0.2) is 4.39 Å². The average molecular weight is 280 g/mol. The first-order valence-electron chi connectivity index (χ1n) is 7.37. The number of hydrogen-bond donors (Lipinski definition) is 1. The predicted octanol–water partition coefficient (Wildman–Crippen LogP) is 3.02. The minimum atomic E-state index is -0.232. The van der Waals surface area contributed by atoms with E-state index in [0.717, 1.165) is 24.3 Å². The van der Waals surface area contributed by atoms with Crippen LogP contribution in [0.3, 0.4) is 0 Å². The number of hydrogen-bond acceptors (Lipinski definition) is 3. The van der Waals surface area contributed by atoms with Gasteiger partial charge in [0.2, 0.25) is 0 Å². The molecule has 1 heterocycles. The van der Waals surface area contributed by atoms with Crippen molar-refractivity contribution in [2.45, 2.75) is 45.2 Å². The summed E-state index contributed by atoms with van der Waals surface area (Å²) < 4.78 is 19.6. The Morgan fingerprint density at radius 1 is 1.45 bits per heavy atom. The Labute approximate surface area is 120 Å². The average Bonchev–Trinajstić information content (AvgIpc) is 2.41. The van der Waals surface area contributed by atoms with Gasteiger partial charge in [-0.15, -0.1) is 0 Å². The van der Waals surface area contributed by atoms with Crippen molar-refractivity contribution >= 4 is 0 Å². The zero-order valence-corrected chi connectivity index (χ0v) is 12.7. The fraction of sp³-hybridized carbons (Fsp3) is 0.625. The van der Waals surface area contributed by atoms with Crippen LogP contribution in [-0.4, -0.2) is 31.1 Å². The third-order valence-electron chi connectivity index (χ3n) is 4.13. The molecule has 20 heavy (non-hydrogen) atoms. The SMILES string of the molecule is Cc1cc(OCC2CCCCN2C)c(C(C)N)cc1F. The smallest absolute Gasteiger partial charge is 0.126 e. The number of halogens is 1. The molecule has 3 nitrogen and oxygen atoms in total. The lowest BCUT2D eigenvalue weighted by Gasteiger charge is -2.32. The number of likely N-dealkylation sites (N-methyl/N-ethyl adjacent to an activating group) is 1. The largest absolute Gasteiger partial charge is 0.492 e. The molecule has 2 N–H and O–H groups in total. The molecule has 0 radical (unpaired) electrons. The molecule has 4 heteroatoms. The molecule has 0 bridgehead atoms. The van der Waals surface area contributed by atoms with Gasteiger partial charge < -0.3 is 15.4 Å². The molecule has 1 aliphatic heterocycles. The molecular weight excluding hydrogens is 255 g/mol. The molecule has 0 spiro atoms. The summed E-state index contributed by atoms with van der Waals surface area (Å²) in [4.78, 5) is 2.34. The van der Waals surface area contributed by atoms with E-state index in [1.54, 1.807) is 13.0 Å². The van der Waals surface area contributed by atoms with Crippen LogP contribution < -0.4 is 10.5 Å². The van der Waals surface area contributed by atoms with E-state index < -0.39 is 0 Å². The number of rotatable bonds is 4. The fourth-order valence-electron chi connectivity index (χ4n) is 2.69. The van der Waals surface area contributed by atoms with Gasteiger partial charge in [0.25, 0.3) is 0 Å². The fourth-order valence-corrected chi connectivity index (χ4v) is 2.69. The number of nitrogens with zero attached hydrogens (tertiary/aromatic N) is 1. The maximum atomic E-state index is 13.7. The van der Waals surface area contributed by atoms with Crippen LogP contribution in [0.5, 0.6) is 5.75 Å². The van der Waals surface area contributed by atoms with Crippen molar-refractivity contribution in [3.63, 3.8) is 0 Å². The monoisotopic (exact) mass is 280 g/mol. The molecule has 1 saturated heterocycles. The van der Waals surface area contributed by atoms with E-state index in [4.69, 9.17) is 10.5 Å².